The minimum Gasteiger partial charge on any atom is -0.368 e. The van der Waals surface area contributed by atoms with E-state index in [9.17, 15) is 4.79 Å². The number of nitrogens with one attached hydrogen (secondary N) is 3. The number of carbonyl (C=O) groups is 1. The Labute approximate surface area is 126 Å². The molecule has 1 aromatic carbocycles. The number of benzene rings is 1. The number of imidazole rings is 1. The van der Waals surface area contributed by atoms with Crippen LogP contribution in [0.25, 0.3) is 22.6 Å². The van der Waals surface area contributed by atoms with E-state index in [2.05, 4.69) is 25.5 Å². The van der Waals surface area contributed by atoms with Gasteiger partial charge in [-0.25, -0.2) is 4.98 Å². The highest BCUT2D eigenvalue weighted by molar-refractivity contribution is 5.97. The first-order valence-corrected chi connectivity index (χ1v) is 7.22. The van der Waals surface area contributed by atoms with Crippen molar-refractivity contribution in [3.8, 4) is 11.5 Å². The fourth-order valence-corrected chi connectivity index (χ4v) is 2.63. The molecule has 0 radical (unpaired) electrons. The number of hydrogen-bond acceptors (Lipinski definition) is 4. The van der Waals surface area contributed by atoms with Crippen LogP contribution in [-0.4, -0.2) is 38.8 Å². The molecule has 1 fully saturated rings. The minimum absolute atomic E-state index is 0.142. The first-order chi connectivity index (χ1) is 10.8. The molecule has 3 N–H and O–H groups in total. The predicted molar refractivity (Wildman–Crippen MR) is 81.3 cm³/mol. The lowest BCUT2D eigenvalue weighted by Gasteiger charge is -2.09. The summed E-state index contributed by atoms with van der Waals surface area (Å²) in [6.45, 7) is 0.639. The Bertz CT molecular complexity index is 783. The topological polar surface area (TPSA) is 95.7 Å². The number of anilines is 1. The Morgan fingerprint density at radius 1 is 1.36 bits per heavy atom. The van der Waals surface area contributed by atoms with Crippen LogP contribution < -0.4 is 5.32 Å². The molecule has 4 rings (SSSR count). The number of rotatable bonds is 3. The third-order valence-electron chi connectivity index (χ3n) is 3.75. The summed E-state index contributed by atoms with van der Waals surface area (Å²) >= 11 is 0. The highest BCUT2D eigenvalue weighted by atomic mass is 16.5. The van der Waals surface area contributed by atoms with Crippen LogP contribution in [0.2, 0.25) is 0 Å². The van der Waals surface area contributed by atoms with Crippen LogP contribution >= 0.6 is 0 Å². The summed E-state index contributed by atoms with van der Waals surface area (Å²) in [7, 11) is 0. The normalized spacial score (nSPS) is 17.9. The quantitative estimate of drug-likeness (QED) is 0.689. The van der Waals surface area contributed by atoms with Crippen LogP contribution in [0.3, 0.4) is 0 Å². The van der Waals surface area contributed by atoms with Crippen molar-refractivity contribution in [3.63, 3.8) is 0 Å². The zero-order valence-corrected chi connectivity index (χ0v) is 11.8. The van der Waals surface area contributed by atoms with Crippen molar-refractivity contribution in [1.82, 2.24) is 20.2 Å². The molecule has 0 bridgehead atoms. The summed E-state index contributed by atoms with van der Waals surface area (Å²) in [5, 5.41) is 9.75. The van der Waals surface area contributed by atoms with Gasteiger partial charge in [0.25, 0.3) is 5.91 Å². The van der Waals surface area contributed by atoms with Crippen molar-refractivity contribution >= 4 is 22.6 Å². The van der Waals surface area contributed by atoms with Gasteiger partial charge < -0.3 is 15.0 Å². The lowest BCUT2D eigenvalue weighted by Crippen LogP contribution is -2.26. The van der Waals surface area contributed by atoms with Crippen LogP contribution in [0.5, 0.6) is 0 Å². The molecule has 22 heavy (non-hydrogen) atoms. The maximum atomic E-state index is 12.2. The van der Waals surface area contributed by atoms with E-state index < -0.39 is 0 Å². The highest BCUT2D eigenvalue weighted by Gasteiger charge is 2.25. The number of nitrogens with zero attached hydrogens (tertiary/aromatic N) is 2. The van der Waals surface area contributed by atoms with Crippen LogP contribution in [0.1, 0.15) is 12.8 Å². The van der Waals surface area contributed by atoms with Gasteiger partial charge in [-0.2, -0.15) is 5.10 Å². The van der Waals surface area contributed by atoms with E-state index in [4.69, 9.17) is 4.74 Å². The Hall–Kier alpha value is -2.67. The van der Waals surface area contributed by atoms with Crippen molar-refractivity contribution < 1.29 is 9.53 Å². The summed E-state index contributed by atoms with van der Waals surface area (Å²) in [5.74, 6) is 0.498. The summed E-state index contributed by atoms with van der Waals surface area (Å²) in [6, 6.07) is 7.75. The standard InChI is InChI=1S/C15H15N5O2/c21-15(12-6-3-7-22-12)19-11-8-16-20-13(11)14-17-9-4-1-2-5-10(9)18-14/h1-2,4-5,8,12H,3,6-7H2,(H,16,20)(H,17,18)(H,19,21). The van der Waals surface area contributed by atoms with Gasteiger partial charge in [0.05, 0.1) is 22.9 Å². The lowest BCUT2D eigenvalue weighted by molar-refractivity contribution is -0.124. The van der Waals surface area contributed by atoms with Crippen molar-refractivity contribution in [2.45, 2.75) is 18.9 Å². The zero-order chi connectivity index (χ0) is 14.9. The fourth-order valence-electron chi connectivity index (χ4n) is 2.63. The monoisotopic (exact) mass is 297 g/mol. The summed E-state index contributed by atoms with van der Waals surface area (Å²) in [6.07, 6.45) is 2.87. The molecule has 3 aromatic rings. The van der Waals surface area contributed by atoms with E-state index in [1.807, 2.05) is 24.3 Å². The molecule has 0 saturated carbocycles. The van der Waals surface area contributed by atoms with E-state index in [-0.39, 0.29) is 12.0 Å². The third kappa shape index (κ3) is 2.25. The molecule has 0 spiro atoms. The van der Waals surface area contributed by atoms with Gasteiger partial charge in [0.2, 0.25) is 0 Å². The van der Waals surface area contributed by atoms with Gasteiger partial charge in [-0.3, -0.25) is 9.89 Å². The Kier molecular flexibility index (Phi) is 3.12. The van der Waals surface area contributed by atoms with E-state index in [0.717, 1.165) is 23.9 Å². The van der Waals surface area contributed by atoms with Gasteiger partial charge >= 0.3 is 0 Å². The second kappa shape index (κ2) is 5.27. The zero-order valence-electron chi connectivity index (χ0n) is 11.8. The molecule has 7 nitrogen and oxygen atoms in total. The maximum Gasteiger partial charge on any atom is 0.253 e. The number of H-pyrrole nitrogens is 2. The predicted octanol–water partition coefficient (Wildman–Crippen LogP) is 2.07. The lowest BCUT2D eigenvalue weighted by atomic mass is 10.2. The molecule has 1 aliphatic heterocycles. The molecular weight excluding hydrogens is 282 g/mol. The van der Waals surface area contributed by atoms with Crippen molar-refractivity contribution in [2.75, 3.05) is 11.9 Å². The molecule has 1 saturated heterocycles. The van der Waals surface area contributed by atoms with Crippen molar-refractivity contribution in [1.29, 1.82) is 0 Å². The molecule has 1 unspecified atom stereocenters. The van der Waals surface area contributed by atoms with Gasteiger partial charge in [-0.05, 0) is 25.0 Å². The Morgan fingerprint density at radius 3 is 3.09 bits per heavy atom. The number of hydrogen-bond donors (Lipinski definition) is 3. The summed E-state index contributed by atoms with van der Waals surface area (Å²) in [5.41, 5.74) is 3.05. The summed E-state index contributed by atoms with van der Waals surface area (Å²) in [4.78, 5) is 19.9. The van der Waals surface area contributed by atoms with Gasteiger partial charge in [0.1, 0.15) is 11.8 Å². The Balaban J connectivity index is 1.63. The molecule has 1 aliphatic rings. The Morgan fingerprint density at radius 2 is 2.27 bits per heavy atom. The van der Waals surface area contributed by atoms with Crippen molar-refractivity contribution in [3.05, 3.63) is 30.5 Å². The van der Waals surface area contributed by atoms with Crippen LogP contribution in [0.4, 0.5) is 5.69 Å². The van der Waals surface area contributed by atoms with E-state index in [0.29, 0.717) is 23.8 Å². The smallest absolute Gasteiger partial charge is 0.253 e. The molecule has 1 atom stereocenters. The third-order valence-corrected chi connectivity index (χ3v) is 3.75. The second-order valence-electron chi connectivity index (χ2n) is 5.25. The molecule has 112 valence electrons. The van der Waals surface area contributed by atoms with E-state index in [1.54, 1.807) is 6.20 Å². The average Bonchev–Trinajstić information content (AvgIpc) is 3.26. The fraction of sp³-hybridized carbons (Fsp3) is 0.267. The maximum absolute atomic E-state index is 12.2. The first kappa shape index (κ1) is 13.0. The number of aromatic nitrogens is 4. The molecular formula is C15H15N5O2. The van der Waals surface area contributed by atoms with E-state index >= 15 is 0 Å². The molecule has 2 aromatic heterocycles. The molecule has 7 heteroatoms. The summed E-state index contributed by atoms with van der Waals surface area (Å²) < 4.78 is 5.39. The van der Waals surface area contributed by atoms with Crippen LogP contribution in [0, 0.1) is 0 Å². The van der Waals surface area contributed by atoms with E-state index in [1.165, 1.54) is 0 Å². The SMILES string of the molecule is O=C(Nc1cn[nH]c1-c1nc2ccccc2[nH]1)C1CCCO1. The number of aromatic amines is 2. The van der Waals surface area contributed by atoms with Gasteiger partial charge in [-0.15, -0.1) is 0 Å². The second-order valence-corrected chi connectivity index (χ2v) is 5.25. The van der Waals surface area contributed by atoms with Crippen molar-refractivity contribution in [2.24, 2.45) is 0 Å². The minimum atomic E-state index is -0.376. The largest absolute Gasteiger partial charge is 0.368 e. The van der Waals surface area contributed by atoms with Crippen LogP contribution in [0.15, 0.2) is 30.5 Å². The number of fused-ring (bicyclic) bond motifs is 1. The first-order valence-electron chi connectivity index (χ1n) is 7.22. The number of para-hydroxylation sites is 2. The molecule has 3 heterocycles. The molecule has 0 aliphatic carbocycles. The number of amides is 1. The van der Waals surface area contributed by atoms with Gasteiger partial charge in [0.15, 0.2) is 5.82 Å². The highest BCUT2D eigenvalue weighted by Crippen LogP contribution is 2.26. The molecule has 1 amide bonds. The van der Waals surface area contributed by atoms with Crippen LogP contribution in [-0.2, 0) is 9.53 Å². The number of carbonyl (C=O) groups excluding carboxylic acids is 1. The van der Waals surface area contributed by atoms with Gasteiger partial charge in [0, 0.05) is 6.61 Å². The average molecular weight is 297 g/mol. The van der Waals surface area contributed by atoms with Gasteiger partial charge in [-0.1, -0.05) is 12.1 Å². The number of ether oxygens (including phenoxy) is 1.